The molecule has 0 unspecified atom stereocenters. The minimum absolute atomic E-state index is 0.109. The number of anilines is 3. The van der Waals surface area contributed by atoms with Crippen LogP contribution in [0.2, 0.25) is 0 Å². The molecule has 0 radical (unpaired) electrons. The lowest BCUT2D eigenvalue weighted by Crippen LogP contribution is -2.32. The lowest BCUT2D eigenvalue weighted by Gasteiger charge is -2.26. The van der Waals surface area contributed by atoms with Crippen molar-refractivity contribution in [1.82, 2.24) is 15.2 Å². The molecule has 0 aliphatic carbocycles. The van der Waals surface area contributed by atoms with Crippen LogP contribution in [0.4, 0.5) is 26.2 Å². The molecule has 3 aromatic rings. The molecule has 1 N–H and O–H groups in total. The number of aromatic nitrogens is 3. The summed E-state index contributed by atoms with van der Waals surface area (Å²) in [4.78, 5) is 6.34. The van der Waals surface area contributed by atoms with Crippen LogP contribution >= 0.6 is 0 Å². The van der Waals surface area contributed by atoms with Gasteiger partial charge < -0.3 is 10.2 Å². The first-order valence-corrected chi connectivity index (χ1v) is 8.26. The summed E-state index contributed by atoms with van der Waals surface area (Å²) in [6.45, 7) is 4.63. The van der Waals surface area contributed by atoms with E-state index in [2.05, 4.69) is 20.5 Å². The number of hydrogen-bond donors (Lipinski definition) is 1. The van der Waals surface area contributed by atoms with Gasteiger partial charge in [-0.3, -0.25) is 0 Å². The molecule has 0 fully saturated rings. The number of hydrogen-bond acceptors (Lipinski definition) is 5. The fourth-order valence-corrected chi connectivity index (χ4v) is 2.49. The number of benzene rings is 2. The Kier molecular flexibility index (Phi) is 5.36. The molecule has 0 saturated heterocycles. The highest BCUT2D eigenvalue weighted by Crippen LogP contribution is 2.23. The van der Waals surface area contributed by atoms with Gasteiger partial charge in [0.15, 0.2) is 5.82 Å². The fraction of sp³-hybridized carbons (Fsp3) is 0.211. The summed E-state index contributed by atoms with van der Waals surface area (Å²) in [6.07, 6.45) is 1.33. The van der Waals surface area contributed by atoms with Crippen LogP contribution in [0.5, 0.6) is 0 Å². The van der Waals surface area contributed by atoms with Gasteiger partial charge in [-0.1, -0.05) is 36.4 Å². The highest BCUT2D eigenvalue weighted by Gasteiger charge is 2.16. The van der Waals surface area contributed by atoms with E-state index in [0.717, 1.165) is 5.56 Å². The van der Waals surface area contributed by atoms with Crippen LogP contribution in [-0.2, 0) is 6.54 Å². The van der Waals surface area contributed by atoms with Gasteiger partial charge in [0.05, 0.1) is 6.20 Å². The topological polar surface area (TPSA) is 53.9 Å². The summed E-state index contributed by atoms with van der Waals surface area (Å²) in [5.74, 6) is -0.798. The molecule has 7 heteroatoms. The first kappa shape index (κ1) is 17.7. The molecule has 1 heterocycles. The van der Waals surface area contributed by atoms with Gasteiger partial charge in [0.2, 0.25) is 5.95 Å². The van der Waals surface area contributed by atoms with E-state index >= 15 is 0 Å². The standard InChI is InChI=1S/C19H19F2N5/c1-13(2)26(12-14-7-4-3-5-8-14)19-24-17(11-22-25-19)23-18-15(20)9-6-10-16(18)21/h3-11,13H,12H2,1-2H3,(H,23,24,25). The van der Waals surface area contributed by atoms with Crippen molar-refractivity contribution in [2.45, 2.75) is 26.4 Å². The predicted molar refractivity (Wildman–Crippen MR) is 97.2 cm³/mol. The van der Waals surface area contributed by atoms with Crippen LogP contribution in [-0.4, -0.2) is 21.2 Å². The molecular formula is C19H19F2N5. The molecular weight excluding hydrogens is 336 g/mol. The Balaban J connectivity index is 1.87. The SMILES string of the molecule is CC(C)N(Cc1ccccc1)c1nncc(Nc2c(F)cccc2F)n1. The van der Waals surface area contributed by atoms with Crippen LogP contribution < -0.4 is 10.2 Å². The van der Waals surface area contributed by atoms with Crippen LogP contribution in [0.1, 0.15) is 19.4 Å². The maximum Gasteiger partial charge on any atom is 0.247 e. The van der Waals surface area contributed by atoms with Gasteiger partial charge in [0.1, 0.15) is 17.3 Å². The Morgan fingerprint density at radius 3 is 2.35 bits per heavy atom. The number of rotatable bonds is 6. The van der Waals surface area contributed by atoms with E-state index in [1.54, 1.807) is 0 Å². The summed E-state index contributed by atoms with van der Waals surface area (Å²) >= 11 is 0. The second kappa shape index (κ2) is 7.86. The molecule has 0 amide bonds. The molecule has 0 spiro atoms. The second-order valence-corrected chi connectivity index (χ2v) is 6.07. The third kappa shape index (κ3) is 4.11. The molecule has 2 aromatic carbocycles. The molecule has 0 aliphatic rings. The van der Waals surface area contributed by atoms with Crippen molar-refractivity contribution in [3.63, 3.8) is 0 Å². The maximum atomic E-state index is 13.8. The van der Waals surface area contributed by atoms with E-state index < -0.39 is 11.6 Å². The predicted octanol–water partition coefficient (Wildman–Crippen LogP) is 4.31. The van der Waals surface area contributed by atoms with Crippen molar-refractivity contribution in [2.75, 3.05) is 10.2 Å². The molecule has 0 saturated carbocycles. The van der Waals surface area contributed by atoms with Crippen LogP contribution in [0.25, 0.3) is 0 Å². The summed E-state index contributed by atoms with van der Waals surface area (Å²) in [5.41, 5.74) is 0.835. The summed E-state index contributed by atoms with van der Waals surface area (Å²) in [7, 11) is 0. The van der Waals surface area contributed by atoms with Gasteiger partial charge in [-0.25, -0.2) is 8.78 Å². The maximum absolute atomic E-state index is 13.8. The smallest absolute Gasteiger partial charge is 0.247 e. The fourth-order valence-electron chi connectivity index (χ4n) is 2.49. The van der Waals surface area contributed by atoms with Crippen molar-refractivity contribution in [3.8, 4) is 0 Å². The van der Waals surface area contributed by atoms with Gasteiger partial charge in [-0.05, 0) is 31.5 Å². The third-order valence-electron chi connectivity index (χ3n) is 3.84. The number of para-hydroxylation sites is 1. The summed E-state index contributed by atoms with van der Waals surface area (Å²) in [5, 5.41) is 10.7. The van der Waals surface area contributed by atoms with Crippen LogP contribution in [0.15, 0.2) is 54.7 Å². The van der Waals surface area contributed by atoms with E-state index in [9.17, 15) is 8.78 Å². The number of halogens is 2. The third-order valence-corrected chi connectivity index (χ3v) is 3.84. The van der Waals surface area contributed by atoms with Crippen LogP contribution in [0, 0.1) is 11.6 Å². The van der Waals surface area contributed by atoms with E-state index in [1.165, 1.54) is 24.4 Å². The Morgan fingerprint density at radius 2 is 1.69 bits per heavy atom. The highest BCUT2D eigenvalue weighted by atomic mass is 19.1. The van der Waals surface area contributed by atoms with Gasteiger partial charge >= 0.3 is 0 Å². The monoisotopic (exact) mass is 355 g/mol. The number of nitrogens with zero attached hydrogens (tertiary/aromatic N) is 4. The molecule has 0 bridgehead atoms. The summed E-state index contributed by atoms with van der Waals surface area (Å²) < 4.78 is 27.7. The largest absolute Gasteiger partial charge is 0.334 e. The average Bonchev–Trinajstić information content (AvgIpc) is 2.64. The molecule has 5 nitrogen and oxygen atoms in total. The zero-order valence-electron chi connectivity index (χ0n) is 14.5. The lowest BCUT2D eigenvalue weighted by molar-refractivity contribution is 0.590. The molecule has 1 aromatic heterocycles. The van der Waals surface area contributed by atoms with Crippen molar-refractivity contribution in [2.24, 2.45) is 0 Å². The van der Waals surface area contributed by atoms with Crippen LogP contribution in [0.3, 0.4) is 0 Å². The first-order chi connectivity index (χ1) is 12.5. The van der Waals surface area contributed by atoms with Gasteiger partial charge in [-0.15, -0.1) is 5.10 Å². The lowest BCUT2D eigenvalue weighted by atomic mass is 10.2. The Morgan fingerprint density at radius 1 is 1.00 bits per heavy atom. The molecule has 0 aliphatic heterocycles. The van der Waals surface area contributed by atoms with Crippen molar-refractivity contribution >= 4 is 17.5 Å². The zero-order chi connectivity index (χ0) is 18.5. The quantitative estimate of drug-likeness (QED) is 0.714. The van der Waals surface area contributed by atoms with E-state index in [4.69, 9.17) is 0 Å². The minimum Gasteiger partial charge on any atom is -0.334 e. The van der Waals surface area contributed by atoms with E-state index in [0.29, 0.717) is 12.5 Å². The Labute approximate surface area is 150 Å². The molecule has 3 rings (SSSR count). The van der Waals surface area contributed by atoms with Crippen molar-refractivity contribution < 1.29 is 8.78 Å². The van der Waals surface area contributed by atoms with Gasteiger partial charge in [0.25, 0.3) is 0 Å². The molecule has 26 heavy (non-hydrogen) atoms. The first-order valence-electron chi connectivity index (χ1n) is 8.26. The van der Waals surface area contributed by atoms with Crippen molar-refractivity contribution in [3.05, 3.63) is 71.9 Å². The zero-order valence-corrected chi connectivity index (χ0v) is 14.5. The highest BCUT2D eigenvalue weighted by molar-refractivity contribution is 5.57. The van der Waals surface area contributed by atoms with Gasteiger partial charge in [-0.2, -0.15) is 10.1 Å². The Hall–Kier alpha value is -3.09. The minimum atomic E-state index is -0.699. The Bertz CT molecular complexity index is 851. The second-order valence-electron chi connectivity index (χ2n) is 6.07. The molecule has 0 atom stereocenters. The number of nitrogens with one attached hydrogen (secondary N) is 1. The average molecular weight is 355 g/mol. The molecule has 134 valence electrons. The normalized spacial score (nSPS) is 10.8. The van der Waals surface area contributed by atoms with E-state index in [-0.39, 0.29) is 17.5 Å². The van der Waals surface area contributed by atoms with Gasteiger partial charge in [0, 0.05) is 12.6 Å². The van der Waals surface area contributed by atoms with E-state index in [1.807, 2.05) is 49.1 Å². The van der Waals surface area contributed by atoms with Crippen molar-refractivity contribution in [1.29, 1.82) is 0 Å². The summed E-state index contributed by atoms with van der Waals surface area (Å²) in [6, 6.07) is 13.7.